The number of methoxy groups -OCH3 is 1. The minimum Gasteiger partial charge on any atom is -0.493 e. The zero-order valence-electron chi connectivity index (χ0n) is 19.0. The lowest BCUT2D eigenvalue weighted by Crippen LogP contribution is -2.32. The molecule has 0 saturated heterocycles. The first-order chi connectivity index (χ1) is 16.8. The first-order valence-electron chi connectivity index (χ1n) is 10.4. The number of benzene rings is 3. The van der Waals surface area contributed by atoms with Crippen LogP contribution in [0.5, 0.6) is 11.5 Å². The summed E-state index contributed by atoms with van der Waals surface area (Å²) < 4.78 is 12.0. The van der Waals surface area contributed by atoms with Gasteiger partial charge in [-0.15, -0.1) is 0 Å². The molecule has 0 aliphatic carbocycles. The van der Waals surface area contributed by atoms with Crippen molar-refractivity contribution in [3.05, 3.63) is 87.4 Å². The highest BCUT2D eigenvalue weighted by atomic mass is 79.9. The third-order valence-corrected chi connectivity index (χ3v) is 5.36. The Morgan fingerprint density at radius 1 is 1.03 bits per heavy atom. The van der Waals surface area contributed by atoms with Crippen molar-refractivity contribution in [2.45, 2.75) is 13.5 Å². The van der Waals surface area contributed by atoms with E-state index in [1.165, 1.54) is 43.2 Å². The number of primary amides is 1. The normalized spacial score (nSPS) is 10.6. The number of carbonyl (C=O) groups excluding carboxylic acids is 3. The Hall–Kier alpha value is -4.18. The summed E-state index contributed by atoms with van der Waals surface area (Å²) in [4.78, 5) is 35.2. The van der Waals surface area contributed by atoms with Gasteiger partial charge in [0, 0.05) is 11.3 Å². The summed E-state index contributed by atoms with van der Waals surface area (Å²) in [6.45, 7) is 2.38. The smallest absolute Gasteiger partial charge is 0.329 e. The maximum absolute atomic E-state index is 12.0. The number of anilines is 1. The van der Waals surface area contributed by atoms with Crippen LogP contribution >= 0.6 is 15.9 Å². The number of nitrogens with zero attached hydrogens (tertiary/aromatic N) is 1. The van der Waals surface area contributed by atoms with Crippen LogP contribution in [0.2, 0.25) is 0 Å². The lowest BCUT2D eigenvalue weighted by atomic mass is 10.2. The number of carbonyl (C=O) groups is 3. The molecule has 9 nitrogen and oxygen atoms in total. The summed E-state index contributed by atoms with van der Waals surface area (Å²) in [5.41, 5.74) is 10.7. The minimum atomic E-state index is -0.968. The Morgan fingerprint density at radius 3 is 2.34 bits per heavy atom. The maximum Gasteiger partial charge on any atom is 0.329 e. The molecule has 0 bridgehead atoms. The standard InChI is InChI=1S/C25H23BrN4O5/c1-15-3-5-16(6-4-15)14-35-22-20(26)11-17(12-21(22)34-2)13-28-30-25(33)24(32)29-19-9-7-18(8-10-19)23(27)31/h3-13H,14H2,1-2H3,(H2,27,31)(H,29,32)(H,30,33). The molecule has 10 heteroatoms. The van der Waals surface area contributed by atoms with Gasteiger partial charge in [0.15, 0.2) is 11.5 Å². The number of amides is 3. The number of halogens is 1. The predicted octanol–water partition coefficient (Wildman–Crippen LogP) is 3.53. The molecule has 3 aromatic carbocycles. The summed E-state index contributed by atoms with van der Waals surface area (Å²) in [7, 11) is 1.52. The molecule has 0 spiro atoms. The molecule has 0 aromatic heterocycles. The molecule has 0 saturated carbocycles. The van der Waals surface area contributed by atoms with E-state index in [1.807, 2.05) is 31.2 Å². The van der Waals surface area contributed by atoms with Crippen LogP contribution in [0.3, 0.4) is 0 Å². The van der Waals surface area contributed by atoms with E-state index in [0.717, 1.165) is 5.56 Å². The Kier molecular flexibility index (Phi) is 8.58. The van der Waals surface area contributed by atoms with Gasteiger partial charge in [0.2, 0.25) is 5.91 Å². The van der Waals surface area contributed by atoms with Gasteiger partial charge in [-0.25, -0.2) is 5.43 Å². The quantitative estimate of drug-likeness (QED) is 0.229. The number of hydrazone groups is 1. The highest BCUT2D eigenvalue weighted by Crippen LogP contribution is 2.36. The largest absolute Gasteiger partial charge is 0.493 e. The molecule has 4 N–H and O–H groups in total. The van der Waals surface area contributed by atoms with E-state index >= 15 is 0 Å². The van der Waals surface area contributed by atoms with Crippen LogP contribution in [0, 0.1) is 6.92 Å². The van der Waals surface area contributed by atoms with Crippen LogP contribution < -0.4 is 25.9 Å². The monoisotopic (exact) mass is 538 g/mol. The van der Waals surface area contributed by atoms with Crippen LogP contribution in [-0.2, 0) is 16.2 Å². The van der Waals surface area contributed by atoms with Crippen molar-refractivity contribution in [3.63, 3.8) is 0 Å². The average Bonchev–Trinajstić information content (AvgIpc) is 2.84. The lowest BCUT2D eigenvalue weighted by Gasteiger charge is -2.13. The van der Waals surface area contributed by atoms with E-state index in [9.17, 15) is 14.4 Å². The van der Waals surface area contributed by atoms with E-state index in [1.54, 1.807) is 12.1 Å². The number of nitrogens with two attached hydrogens (primary N) is 1. The van der Waals surface area contributed by atoms with Gasteiger partial charge in [0.1, 0.15) is 6.61 Å². The van der Waals surface area contributed by atoms with Gasteiger partial charge >= 0.3 is 11.8 Å². The van der Waals surface area contributed by atoms with Crippen molar-refractivity contribution in [1.82, 2.24) is 5.43 Å². The molecule has 35 heavy (non-hydrogen) atoms. The van der Waals surface area contributed by atoms with Gasteiger partial charge in [-0.05, 0) is 70.4 Å². The van der Waals surface area contributed by atoms with Crippen molar-refractivity contribution >= 4 is 45.6 Å². The third kappa shape index (κ3) is 7.15. The Bertz CT molecular complexity index is 1260. The molecule has 0 atom stereocenters. The summed E-state index contributed by atoms with van der Waals surface area (Å²) >= 11 is 3.47. The molecular weight excluding hydrogens is 516 g/mol. The number of nitrogens with one attached hydrogen (secondary N) is 2. The van der Waals surface area contributed by atoms with E-state index < -0.39 is 17.7 Å². The Labute approximate surface area is 210 Å². The Morgan fingerprint density at radius 2 is 1.71 bits per heavy atom. The molecule has 0 aliphatic heterocycles. The van der Waals surface area contributed by atoms with Gasteiger partial charge < -0.3 is 20.5 Å². The molecule has 0 radical (unpaired) electrons. The predicted molar refractivity (Wildman–Crippen MR) is 136 cm³/mol. The highest BCUT2D eigenvalue weighted by molar-refractivity contribution is 9.10. The third-order valence-electron chi connectivity index (χ3n) is 4.77. The number of ether oxygens (including phenoxy) is 2. The van der Waals surface area contributed by atoms with E-state index in [0.29, 0.717) is 33.8 Å². The van der Waals surface area contributed by atoms with Gasteiger partial charge in [0.25, 0.3) is 0 Å². The second kappa shape index (κ2) is 11.8. The molecule has 0 fully saturated rings. The van der Waals surface area contributed by atoms with Gasteiger partial charge in [-0.3, -0.25) is 14.4 Å². The summed E-state index contributed by atoms with van der Waals surface area (Å²) in [6.07, 6.45) is 1.36. The second-order valence-corrected chi connectivity index (χ2v) is 8.26. The van der Waals surface area contributed by atoms with Gasteiger partial charge in [0.05, 0.1) is 17.8 Å². The molecule has 0 unspecified atom stereocenters. The van der Waals surface area contributed by atoms with Crippen LogP contribution in [0.15, 0.2) is 70.2 Å². The maximum atomic E-state index is 12.0. The summed E-state index contributed by atoms with van der Waals surface area (Å²) in [5, 5.41) is 6.23. The number of hydrogen-bond acceptors (Lipinski definition) is 6. The first-order valence-corrected chi connectivity index (χ1v) is 11.2. The van der Waals surface area contributed by atoms with Crippen LogP contribution in [-0.4, -0.2) is 31.0 Å². The van der Waals surface area contributed by atoms with Crippen molar-refractivity contribution in [1.29, 1.82) is 0 Å². The van der Waals surface area contributed by atoms with Crippen molar-refractivity contribution in [3.8, 4) is 11.5 Å². The van der Waals surface area contributed by atoms with Crippen LogP contribution in [0.25, 0.3) is 0 Å². The summed E-state index contributed by atoms with van der Waals surface area (Å²) in [6, 6.07) is 17.2. The first kappa shape index (κ1) is 25.4. The van der Waals surface area contributed by atoms with Gasteiger partial charge in [-0.1, -0.05) is 29.8 Å². The highest BCUT2D eigenvalue weighted by Gasteiger charge is 2.14. The van der Waals surface area contributed by atoms with Gasteiger partial charge in [-0.2, -0.15) is 5.10 Å². The summed E-state index contributed by atoms with van der Waals surface area (Å²) in [5.74, 6) is -1.49. The van der Waals surface area contributed by atoms with E-state index in [4.69, 9.17) is 15.2 Å². The van der Waals surface area contributed by atoms with E-state index in [-0.39, 0.29) is 5.56 Å². The average molecular weight is 539 g/mol. The van der Waals surface area contributed by atoms with Crippen molar-refractivity contribution < 1.29 is 23.9 Å². The Balaban J connectivity index is 1.59. The number of hydrogen-bond donors (Lipinski definition) is 3. The molecule has 3 aromatic rings. The molecule has 3 amide bonds. The number of rotatable bonds is 8. The zero-order valence-corrected chi connectivity index (χ0v) is 20.6. The van der Waals surface area contributed by atoms with Crippen LogP contribution in [0.1, 0.15) is 27.0 Å². The molecule has 3 rings (SSSR count). The number of aryl methyl sites for hydroxylation is 1. The topological polar surface area (TPSA) is 132 Å². The second-order valence-electron chi connectivity index (χ2n) is 7.40. The van der Waals surface area contributed by atoms with Crippen molar-refractivity contribution in [2.24, 2.45) is 10.8 Å². The van der Waals surface area contributed by atoms with Crippen molar-refractivity contribution in [2.75, 3.05) is 12.4 Å². The fourth-order valence-electron chi connectivity index (χ4n) is 2.92. The minimum absolute atomic E-state index is 0.283. The molecule has 0 heterocycles. The molecule has 0 aliphatic rings. The fourth-order valence-corrected chi connectivity index (χ4v) is 3.49. The zero-order chi connectivity index (χ0) is 25.4. The van der Waals surface area contributed by atoms with E-state index in [2.05, 4.69) is 31.8 Å². The molecular formula is C25H23BrN4O5. The van der Waals surface area contributed by atoms with Crippen LogP contribution in [0.4, 0.5) is 5.69 Å². The molecule has 180 valence electrons. The SMILES string of the molecule is COc1cc(C=NNC(=O)C(=O)Nc2ccc(C(N)=O)cc2)cc(Br)c1OCc1ccc(C)cc1. The lowest BCUT2D eigenvalue weighted by molar-refractivity contribution is -0.136. The fraction of sp³-hybridized carbons (Fsp3) is 0.120.